The van der Waals surface area contributed by atoms with Gasteiger partial charge in [0.2, 0.25) is 5.91 Å². The molecule has 1 amide bonds. The molecule has 1 heterocycles. The van der Waals surface area contributed by atoms with Gasteiger partial charge in [0, 0.05) is 5.69 Å². The van der Waals surface area contributed by atoms with Crippen molar-refractivity contribution >= 4 is 28.8 Å². The lowest BCUT2D eigenvalue weighted by Crippen LogP contribution is -2.28. The van der Waals surface area contributed by atoms with Crippen molar-refractivity contribution < 1.29 is 4.79 Å². The van der Waals surface area contributed by atoms with E-state index in [1.807, 2.05) is 54.6 Å². The number of benzene rings is 2. The van der Waals surface area contributed by atoms with Gasteiger partial charge in [-0.1, -0.05) is 30.3 Å². The van der Waals surface area contributed by atoms with Gasteiger partial charge in [0.05, 0.1) is 17.8 Å². The van der Waals surface area contributed by atoms with E-state index in [-0.39, 0.29) is 12.3 Å². The second kappa shape index (κ2) is 4.57. The summed E-state index contributed by atoms with van der Waals surface area (Å²) in [6.45, 7) is 0. The molecule has 0 saturated carbocycles. The van der Waals surface area contributed by atoms with Gasteiger partial charge in [-0.05, 0) is 24.3 Å². The van der Waals surface area contributed by atoms with Crippen LogP contribution in [0, 0.1) is 0 Å². The maximum Gasteiger partial charge on any atom is 0.239 e. The van der Waals surface area contributed by atoms with Crippen LogP contribution in [0.2, 0.25) is 0 Å². The minimum atomic E-state index is -0.0719. The molecule has 0 unspecified atom stereocenters. The lowest BCUT2D eigenvalue weighted by molar-refractivity contribution is -0.116. The third kappa shape index (κ3) is 2.08. The largest absolute Gasteiger partial charge is 0.387 e. The van der Waals surface area contributed by atoms with Gasteiger partial charge in [0.25, 0.3) is 0 Å². The zero-order valence-corrected chi connectivity index (χ0v) is 10.3. The number of nitrogens with two attached hydrogens (primary N) is 1. The number of fused-ring (bicyclic) bond motifs is 1. The topological polar surface area (TPSA) is 58.7 Å². The molecule has 0 atom stereocenters. The fourth-order valence-corrected chi connectivity index (χ4v) is 2.17. The number of anilines is 2. The van der Waals surface area contributed by atoms with Crippen molar-refractivity contribution in [2.75, 3.05) is 4.90 Å². The van der Waals surface area contributed by atoms with E-state index in [0.29, 0.717) is 5.84 Å². The molecular weight excluding hydrogens is 238 g/mol. The summed E-state index contributed by atoms with van der Waals surface area (Å²) in [6.07, 6.45) is 0.129. The Morgan fingerprint density at radius 1 is 1.00 bits per heavy atom. The van der Waals surface area contributed by atoms with Crippen LogP contribution in [0.4, 0.5) is 17.1 Å². The lowest BCUT2D eigenvalue weighted by Gasteiger charge is -2.22. The summed E-state index contributed by atoms with van der Waals surface area (Å²) in [5, 5.41) is 0. The van der Waals surface area contributed by atoms with Gasteiger partial charge in [0.15, 0.2) is 0 Å². The number of rotatable bonds is 1. The molecule has 0 fully saturated rings. The maximum atomic E-state index is 12.4. The molecule has 0 aromatic heterocycles. The molecule has 0 bridgehead atoms. The van der Waals surface area contributed by atoms with Gasteiger partial charge in [-0.3, -0.25) is 9.69 Å². The van der Waals surface area contributed by atoms with E-state index >= 15 is 0 Å². The fourth-order valence-electron chi connectivity index (χ4n) is 2.17. The van der Waals surface area contributed by atoms with Crippen LogP contribution in [-0.4, -0.2) is 11.7 Å². The number of amides is 1. The van der Waals surface area contributed by atoms with E-state index in [2.05, 4.69) is 4.99 Å². The van der Waals surface area contributed by atoms with E-state index in [1.54, 1.807) is 4.90 Å². The molecule has 3 rings (SSSR count). The van der Waals surface area contributed by atoms with Crippen LogP contribution in [0.25, 0.3) is 0 Å². The summed E-state index contributed by atoms with van der Waals surface area (Å²) in [5.41, 5.74) is 8.09. The summed E-state index contributed by atoms with van der Waals surface area (Å²) in [7, 11) is 0. The van der Waals surface area contributed by atoms with Crippen molar-refractivity contribution in [1.82, 2.24) is 0 Å². The van der Waals surface area contributed by atoms with E-state index in [0.717, 1.165) is 17.1 Å². The Bertz CT molecular complexity index is 649. The van der Waals surface area contributed by atoms with Crippen molar-refractivity contribution in [2.24, 2.45) is 10.7 Å². The molecule has 2 N–H and O–H groups in total. The highest BCUT2D eigenvalue weighted by molar-refractivity contribution is 6.13. The van der Waals surface area contributed by atoms with E-state index in [9.17, 15) is 4.79 Å². The Kier molecular flexibility index (Phi) is 2.76. The maximum absolute atomic E-state index is 12.4. The highest BCUT2D eigenvalue weighted by atomic mass is 16.2. The van der Waals surface area contributed by atoms with Gasteiger partial charge < -0.3 is 5.73 Å². The molecule has 0 aliphatic carbocycles. The van der Waals surface area contributed by atoms with Crippen LogP contribution in [0.3, 0.4) is 0 Å². The lowest BCUT2D eigenvalue weighted by atomic mass is 10.2. The van der Waals surface area contributed by atoms with Crippen LogP contribution in [0.1, 0.15) is 6.42 Å². The summed E-state index contributed by atoms with van der Waals surface area (Å²) in [5.74, 6) is 0.272. The molecule has 19 heavy (non-hydrogen) atoms. The Labute approximate surface area is 111 Å². The predicted molar refractivity (Wildman–Crippen MR) is 75.9 cm³/mol. The van der Waals surface area contributed by atoms with Crippen LogP contribution < -0.4 is 10.6 Å². The minimum Gasteiger partial charge on any atom is -0.387 e. The smallest absolute Gasteiger partial charge is 0.239 e. The van der Waals surface area contributed by atoms with Crippen LogP contribution in [0.5, 0.6) is 0 Å². The molecule has 1 aliphatic rings. The predicted octanol–water partition coefficient (Wildman–Crippen LogP) is 2.74. The summed E-state index contributed by atoms with van der Waals surface area (Å²) < 4.78 is 0. The number of hydrogen-bond acceptors (Lipinski definition) is 3. The normalized spacial score (nSPS) is 14.6. The zero-order valence-electron chi connectivity index (χ0n) is 10.3. The van der Waals surface area contributed by atoms with Crippen molar-refractivity contribution in [1.29, 1.82) is 0 Å². The molecule has 4 heteroatoms. The first-order valence-electron chi connectivity index (χ1n) is 6.06. The highest BCUT2D eigenvalue weighted by Gasteiger charge is 2.24. The minimum absolute atomic E-state index is 0.0719. The summed E-state index contributed by atoms with van der Waals surface area (Å²) >= 11 is 0. The van der Waals surface area contributed by atoms with E-state index < -0.39 is 0 Å². The van der Waals surface area contributed by atoms with Crippen LogP contribution >= 0.6 is 0 Å². The number of carbonyl (C=O) groups excluding carboxylic acids is 1. The molecule has 0 radical (unpaired) electrons. The first-order chi connectivity index (χ1) is 9.25. The molecule has 4 nitrogen and oxygen atoms in total. The van der Waals surface area contributed by atoms with Crippen molar-refractivity contribution in [2.45, 2.75) is 6.42 Å². The van der Waals surface area contributed by atoms with Gasteiger partial charge in [-0.2, -0.15) is 0 Å². The molecule has 2 aromatic carbocycles. The number of carbonyl (C=O) groups is 1. The van der Waals surface area contributed by atoms with E-state index in [1.165, 1.54) is 0 Å². The van der Waals surface area contributed by atoms with Crippen LogP contribution in [0.15, 0.2) is 59.6 Å². The third-order valence-electron chi connectivity index (χ3n) is 2.98. The average Bonchev–Trinajstić information content (AvgIpc) is 2.54. The monoisotopic (exact) mass is 251 g/mol. The number of aliphatic imine (C=N–C) groups is 1. The van der Waals surface area contributed by atoms with Crippen molar-refractivity contribution in [3.63, 3.8) is 0 Å². The summed E-state index contributed by atoms with van der Waals surface area (Å²) in [6, 6.07) is 17.0. The zero-order chi connectivity index (χ0) is 13.2. The second-order valence-electron chi connectivity index (χ2n) is 4.33. The van der Waals surface area contributed by atoms with Gasteiger partial charge >= 0.3 is 0 Å². The highest BCUT2D eigenvalue weighted by Crippen LogP contribution is 2.36. The molecular formula is C15H13N3O. The Morgan fingerprint density at radius 2 is 1.68 bits per heavy atom. The van der Waals surface area contributed by atoms with Gasteiger partial charge in [0.1, 0.15) is 5.84 Å². The van der Waals surface area contributed by atoms with Crippen molar-refractivity contribution in [3.05, 3.63) is 54.6 Å². The van der Waals surface area contributed by atoms with Crippen molar-refractivity contribution in [3.8, 4) is 0 Å². The quantitative estimate of drug-likeness (QED) is 0.847. The Balaban J connectivity index is 2.18. The molecule has 2 aromatic rings. The van der Waals surface area contributed by atoms with Crippen LogP contribution in [-0.2, 0) is 4.79 Å². The number of para-hydroxylation sites is 3. The second-order valence-corrected chi connectivity index (χ2v) is 4.33. The Morgan fingerprint density at radius 3 is 2.47 bits per heavy atom. The fraction of sp³-hybridized carbons (Fsp3) is 0.0667. The first kappa shape index (κ1) is 11.5. The summed E-state index contributed by atoms with van der Waals surface area (Å²) in [4.78, 5) is 18.3. The average molecular weight is 251 g/mol. The number of nitrogens with zero attached hydrogens (tertiary/aromatic N) is 2. The number of hydrogen-bond donors (Lipinski definition) is 1. The van der Waals surface area contributed by atoms with Gasteiger partial charge in [-0.25, -0.2) is 4.99 Å². The molecule has 1 aliphatic heterocycles. The third-order valence-corrected chi connectivity index (χ3v) is 2.98. The first-order valence-corrected chi connectivity index (χ1v) is 6.06. The SMILES string of the molecule is NC1=Nc2ccccc2N(c2ccccc2)C(=O)C1. The standard InChI is InChI=1S/C15H13N3O/c16-14-10-15(19)18(11-6-2-1-3-7-11)13-9-5-4-8-12(13)17-14/h1-9H,10H2,(H2,16,17). The molecule has 0 saturated heterocycles. The number of amidine groups is 1. The van der Waals surface area contributed by atoms with Gasteiger partial charge in [-0.15, -0.1) is 0 Å². The Hall–Kier alpha value is -2.62. The molecule has 0 spiro atoms. The molecule has 94 valence electrons. The van der Waals surface area contributed by atoms with E-state index in [4.69, 9.17) is 5.73 Å².